The van der Waals surface area contributed by atoms with Crippen LogP contribution in [-0.2, 0) is 0 Å². The normalized spacial score (nSPS) is 10.4. The summed E-state index contributed by atoms with van der Waals surface area (Å²) in [4.78, 5) is 10.9. The van der Waals surface area contributed by atoms with Crippen molar-refractivity contribution in [1.82, 2.24) is 0 Å². The van der Waals surface area contributed by atoms with Crippen LogP contribution in [0.25, 0.3) is 6.08 Å². The molecule has 0 aliphatic rings. The molecule has 0 aliphatic heterocycles. The summed E-state index contributed by atoms with van der Waals surface area (Å²) in [6.45, 7) is 3.88. The summed E-state index contributed by atoms with van der Waals surface area (Å²) in [5.41, 5.74) is 2.19. The average molecular weight is 188 g/mol. The van der Waals surface area contributed by atoms with Gasteiger partial charge in [0.25, 0.3) is 0 Å². The molecule has 1 N–H and O–H groups in total. The zero-order valence-electron chi connectivity index (χ0n) is 8.45. The number of allylic oxidation sites excluding steroid dienone is 1. The van der Waals surface area contributed by atoms with Crippen LogP contribution in [0.2, 0.25) is 6.82 Å². The van der Waals surface area contributed by atoms with Gasteiger partial charge in [-0.3, -0.25) is 0 Å². The van der Waals surface area contributed by atoms with Crippen molar-refractivity contribution in [3.05, 3.63) is 35.4 Å². The lowest BCUT2D eigenvalue weighted by Gasteiger charge is -2.03. The van der Waals surface area contributed by atoms with E-state index in [1.54, 1.807) is 6.07 Å². The quantitative estimate of drug-likeness (QED) is 0.730. The van der Waals surface area contributed by atoms with Gasteiger partial charge in [0.05, 0.1) is 5.56 Å². The molecule has 0 saturated carbocycles. The third kappa shape index (κ3) is 2.25. The molecule has 0 saturated heterocycles. The third-order valence-corrected chi connectivity index (χ3v) is 2.10. The van der Waals surface area contributed by atoms with Gasteiger partial charge in [0.15, 0.2) is 7.28 Å². The Hall–Kier alpha value is -1.51. The van der Waals surface area contributed by atoms with Crippen molar-refractivity contribution in [2.24, 2.45) is 0 Å². The number of aromatic carboxylic acids is 1. The maximum atomic E-state index is 10.9. The Kier molecular flexibility index (Phi) is 3.51. The van der Waals surface area contributed by atoms with Crippen LogP contribution in [0.4, 0.5) is 0 Å². The molecule has 0 radical (unpaired) electrons. The number of hydrogen-bond donors (Lipinski definition) is 1. The molecule has 0 heterocycles. The molecule has 0 fully saturated rings. The monoisotopic (exact) mass is 188 g/mol. The van der Waals surface area contributed by atoms with E-state index in [4.69, 9.17) is 5.11 Å². The van der Waals surface area contributed by atoms with E-state index >= 15 is 0 Å². The van der Waals surface area contributed by atoms with E-state index in [1.807, 2.05) is 38.0 Å². The van der Waals surface area contributed by atoms with E-state index in [-0.39, 0.29) is 0 Å². The molecule has 72 valence electrons. The minimum atomic E-state index is -0.867. The molecule has 0 amide bonds. The summed E-state index contributed by atoms with van der Waals surface area (Å²) in [6, 6.07) is 5.54. The van der Waals surface area contributed by atoms with Gasteiger partial charge in [-0.2, -0.15) is 0 Å². The maximum Gasteiger partial charge on any atom is 0.336 e. The van der Waals surface area contributed by atoms with Gasteiger partial charge in [0.2, 0.25) is 0 Å². The lowest BCUT2D eigenvalue weighted by molar-refractivity contribution is 0.0697. The van der Waals surface area contributed by atoms with Crippen LogP contribution in [0.3, 0.4) is 0 Å². The van der Waals surface area contributed by atoms with Crippen LogP contribution in [0.1, 0.15) is 22.8 Å². The van der Waals surface area contributed by atoms with Gasteiger partial charge in [-0.05, 0) is 12.5 Å². The SMILES string of the molecule is CBc1ccc(/C=C/C)c(C(=O)O)c1. The standard InChI is InChI=1S/C11H13BO2/c1-3-4-8-5-6-9(12-2)7-10(8)11(13)14/h3-7,12H,1-2H3,(H,13,14)/b4-3+. The maximum absolute atomic E-state index is 10.9. The van der Waals surface area contributed by atoms with Crippen LogP contribution in [0, 0.1) is 0 Å². The third-order valence-electron chi connectivity index (χ3n) is 2.10. The van der Waals surface area contributed by atoms with E-state index in [0.29, 0.717) is 5.56 Å². The van der Waals surface area contributed by atoms with Crippen LogP contribution < -0.4 is 5.46 Å². The summed E-state index contributed by atoms with van der Waals surface area (Å²) in [7, 11) is 0.858. The highest BCUT2D eigenvalue weighted by molar-refractivity contribution is 6.52. The van der Waals surface area contributed by atoms with Crippen molar-refractivity contribution in [2.45, 2.75) is 13.7 Å². The second-order valence-corrected chi connectivity index (χ2v) is 3.08. The highest BCUT2D eigenvalue weighted by Gasteiger charge is 2.07. The molecule has 0 spiro atoms. The van der Waals surface area contributed by atoms with Crippen LogP contribution >= 0.6 is 0 Å². The Morgan fingerprint density at radius 1 is 1.50 bits per heavy atom. The van der Waals surface area contributed by atoms with Gasteiger partial charge in [0.1, 0.15) is 0 Å². The Morgan fingerprint density at radius 3 is 2.71 bits per heavy atom. The van der Waals surface area contributed by atoms with Gasteiger partial charge >= 0.3 is 5.97 Å². The summed E-state index contributed by atoms with van der Waals surface area (Å²) in [6.07, 6.45) is 3.65. The minimum absolute atomic E-state index is 0.377. The fraction of sp³-hybridized carbons (Fsp3) is 0.182. The molecule has 0 unspecified atom stereocenters. The minimum Gasteiger partial charge on any atom is -0.478 e. The van der Waals surface area contributed by atoms with Crippen molar-refractivity contribution in [2.75, 3.05) is 0 Å². The Balaban J connectivity index is 3.23. The molecular weight excluding hydrogens is 175 g/mol. The Bertz CT molecular complexity index is 370. The lowest BCUT2D eigenvalue weighted by atomic mass is 9.72. The first-order chi connectivity index (χ1) is 6.69. The lowest BCUT2D eigenvalue weighted by Crippen LogP contribution is -2.13. The molecular formula is C11H13BO2. The predicted molar refractivity (Wildman–Crippen MR) is 60.8 cm³/mol. The number of rotatable bonds is 3. The van der Waals surface area contributed by atoms with E-state index in [1.165, 1.54) is 0 Å². The second-order valence-electron chi connectivity index (χ2n) is 3.08. The number of carboxylic acid groups (broad SMARTS) is 1. The van der Waals surface area contributed by atoms with Crippen molar-refractivity contribution in [3.63, 3.8) is 0 Å². The first-order valence-electron chi connectivity index (χ1n) is 4.68. The fourth-order valence-corrected chi connectivity index (χ4v) is 1.33. The first-order valence-corrected chi connectivity index (χ1v) is 4.68. The number of carboxylic acids is 1. The molecule has 0 bridgehead atoms. The summed E-state index contributed by atoms with van der Waals surface area (Å²) in [5.74, 6) is -0.867. The van der Waals surface area contributed by atoms with Crippen molar-refractivity contribution >= 4 is 24.8 Å². The number of carbonyl (C=O) groups is 1. The van der Waals surface area contributed by atoms with Gasteiger partial charge < -0.3 is 5.11 Å². The zero-order chi connectivity index (χ0) is 10.6. The average Bonchev–Trinajstić information content (AvgIpc) is 2.18. The summed E-state index contributed by atoms with van der Waals surface area (Å²) < 4.78 is 0. The molecule has 1 aromatic rings. The Morgan fingerprint density at radius 2 is 2.21 bits per heavy atom. The molecule has 3 heteroatoms. The number of hydrogen-bond acceptors (Lipinski definition) is 1. The van der Waals surface area contributed by atoms with Gasteiger partial charge in [-0.15, -0.1) is 0 Å². The first kappa shape index (κ1) is 10.6. The molecule has 2 nitrogen and oxygen atoms in total. The zero-order valence-corrected chi connectivity index (χ0v) is 8.45. The van der Waals surface area contributed by atoms with Crippen LogP contribution in [0.15, 0.2) is 24.3 Å². The van der Waals surface area contributed by atoms with Crippen LogP contribution in [-0.4, -0.2) is 18.4 Å². The highest BCUT2D eigenvalue weighted by Crippen LogP contribution is 2.09. The highest BCUT2D eigenvalue weighted by atomic mass is 16.4. The van der Waals surface area contributed by atoms with Gasteiger partial charge in [-0.1, -0.05) is 42.6 Å². The molecule has 0 aromatic heterocycles. The van der Waals surface area contributed by atoms with E-state index in [9.17, 15) is 4.79 Å². The van der Waals surface area contributed by atoms with Crippen molar-refractivity contribution in [3.8, 4) is 0 Å². The van der Waals surface area contributed by atoms with E-state index in [0.717, 1.165) is 18.3 Å². The Labute approximate surface area is 84.5 Å². The predicted octanol–water partition coefficient (Wildman–Crippen LogP) is 1.53. The topological polar surface area (TPSA) is 37.3 Å². The van der Waals surface area contributed by atoms with E-state index in [2.05, 4.69) is 0 Å². The molecule has 0 atom stereocenters. The molecule has 14 heavy (non-hydrogen) atoms. The van der Waals surface area contributed by atoms with Crippen LogP contribution in [0.5, 0.6) is 0 Å². The van der Waals surface area contributed by atoms with E-state index < -0.39 is 5.97 Å². The molecule has 1 aromatic carbocycles. The molecule has 0 aliphatic carbocycles. The molecule has 1 rings (SSSR count). The van der Waals surface area contributed by atoms with Crippen molar-refractivity contribution < 1.29 is 9.90 Å². The van der Waals surface area contributed by atoms with Crippen molar-refractivity contribution in [1.29, 1.82) is 0 Å². The smallest absolute Gasteiger partial charge is 0.336 e. The summed E-state index contributed by atoms with van der Waals surface area (Å²) >= 11 is 0. The number of benzene rings is 1. The summed E-state index contributed by atoms with van der Waals surface area (Å²) in [5, 5.41) is 8.98. The van der Waals surface area contributed by atoms with Gasteiger partial charge in [-0.25, -0.2) is 4.79 Å². The largest absolute Gasteiger partial charge is 0.478 e. The van der Waals surface area contributed by atoms with Gasteiger partial charge in [0, 0.05) is 0 Å². The second kappa shape index (κ2) is 4.65. The fourth-order valence-electron chi connectivity index (χ4n) is 1.33.